The fraction of sp³-hybridized carbons (Fsp3) is 0. The lowest BCUT2D eigenvalue weighted by Crippen LogP contribution is -2.05. The predicted octanol–water partition coefficient (Wildman–Crippen LogP) is 14.6. The van der Waals surface area contributed by atoms with Crippen LogP contribution in [0.2, 0.25) is 0 Å². The fourth-order valence-corrected chi connectivity index (χ4v) is 8.81. The lowest BCUT2D eigenvalue weighted by Gasteiger charge is -2.15. The number of hydrogen-bond donors (Lipinski definition) is 1. The van der Waals surface area contributed by atoms with E-state index in [0.717, 1.165) is 38.8 Å². The number of benzene rings is 10. The molecule has 1 aromatic heterocycles. The lowest BCUT2D eigenvalue weighted by atomic mass is 9.89. The van der Waals surface area contributed by atoms with Crippen LogP contribution in [0, 0.1) is 5.41 Å². The van der Waals surface area contributed by atoms with Gasteiger partial charge in [-0.3, -0.25) is 5.41 Å². The van der Waals surface area contributed by atoms with Crippen molar-refractivity contribution in [1.29, 1.82) is 5.41 Å². The Morgan fingerprint density at radius 3 is 1.85 bits per heavy atom. The molecule has 59 heavy (non-hydrogen) atoms. The van der Waals surface area contributed by atoms with Crippen LogP contribution in [0.1, 0.15) is 16.7 Å². The van der Waals surface area contributed by atoms with Gasteiger partial charge in [0.15, 0.2) is 5.84 Å². The normalized spacial score (nSPS) is 12.2. The summed E-state index contributed by atoms with van der Waals surface area (Å²) in [4.78, 5) is 4.96. The molecule has 1 N–H and O–H groups in total. The van der Waals surface area contributed by atoms with Crippen molar-refractivity contribution in [3.05, 3.63) is 229 Å². The van der Waals surface area contributed by atoms with E-state index in [4.69, 9.17) is 10.4 Å². The topological polar surface area (TPSA) is 41.1 Å². The van der Waals surface area contributed by atoms with Crippen LogP contribution in [-0.4, -0.2) is 16.1 Å². The van der Waals surface area contributed by atoms with Crippen molar-refractivity contribution < 1.29 is 0 Å². The summed E-state index contributed by atoms with van der Waals surface area (Å²) in [5, 5.41) is 21.3. The van der Waals surface area contributed by atoms with E-state index in [0.29, 0.717) is 5.71 Å². The van der Waals surface area contributed by atoms with Gasteiger partial charge in [-0.05, 0) is 108 Å². The van der Waals surface area contributed by atoms with Crippen LogP contribution in [0.15, 0.2) is 217 Å². The number of aromatic nitrogens is 1. The highest BCUT2D eigenvalue weighted by Crippen LogP contribution is 2.40. The van der Waals surface area contributed by atoms with Gasteiger partial charge in [0.2, 0.25) is 0 Å². The highest BCUT2D eigenvalue weighted by molar-refractivity contribution is 6.21. The summed E-state index contributed by atoms with van der Waals surface area (Å²) in [6.45, 7) is 0. The summed E-state index contributed by atoms with van der Waals surface area (Å²) in [7, 11) is 0. The van der Waals surface area contributed by atoms with Crippen LogP contribution in [-0.2, 0) is 0 Å². The van der Waals surface area contributed by atoms with Gasteiger partial charge in [0.1, 0.15) is 0 Å². The van der Waals surface area contributed by atoms with Gasteiger partial charge in [-0.1, -0.05) is 170 Å². The summed E-state index contributed by atoms with van der Waals surface area (Å²) >= 11 is 0. The molecule has 0 aliphatic heterocycles. The van der Waals surface area contributed by atoms with E-state index in [1.165, 1.54) is 59.6 Å². The Hall–Kier alpha value is -7.88. The van der Waals surface area contributed by atoms with Crippen molar-refractivity contribution in [3.63, 3.8) is 0 Å². The average molecular weight is 752 g/mol. The van der Waals surface area contributed by atoms with E-state index in [2.05, 4.69) is 187 Å². The zero-order valence-corrected chi connectivity index (χ0v) is 32.2. The molecule has 11 rings (SSSR count). The maximum Gasteiger partial charge on any atom is 0.152 e. The molecule has 0 spiro atoms. The van der Waals surface area contributed by atoms with Crippen LogP contribution in [0.5, 0.6) is 0 Å². The van der Waals surface area contributed by atoms with Gasteiger partial charge < -0.3 is 4.57 Å². The molecule has 0 amide bonds. The molecule has 0 saturated carbocycles. The summed E-state index contributed by atoms with van der Waals surface area (Å²) < 4.78 is 2.32. The van der Waals surface area contributed by atoms with Crippen LogP contribution in [0.3, 0.4) is 0 Å². The number of allylic oxidation sites excluding steroid dienone is 1. The molecule has 276 valence electrons. The Morgan fingerprint density at radius 2 is 1.05 bits per heavy atom. The average Bonchev–Trinajstić information content (AvgIpc) is 3.64. The fourth-order valence-electron chi connectivity index (χ4n) is 8.81. The summed E-state index contributed by atoms with van der Waals surface area (Å²) in [6, 6.07) is 73.0. The molecular weight excluding hydrogens is 715 g/mol. The van der Waals surface area contributed by atoms with E-state index in [9.17, 15) is 0 Å². The first-order valence-corrected chi connectivity index (χ1v) is 20.0. The first-order valence-electron chi connectivity index (χ1n) is 20.0. The molecule has 0 bridgehead atoms. The molecule has 0 atom stereocenters. The van der Waals surface area contributed by atoms with Crippen LogP contribution >= 0.6 is 0 Å². The maximum absolute atomic E-state index is 9.01. The van der Waals surface area contributed by atoms with Crippen LogP contribution < -0.4 is 0 Å². The largest absolute Gasteiger partial charge is 0.309 e. The molecule has 3 nitrogen and oxygen atoms in total. The molecule has 0 unspecified atom stereocenters. The molecule has 11 aromatic rings. The molecule has 0 aliphatic rings. The molecule has 0 fully saturated rings. The van der Waals surface area contributed by atoms with Crippen LogP contribution in [0.4, 0.5) is 0 Å². The summed E-state index contributed by atoms with van der Waals surface area (Å²) in [5.74, 6) is 0.215. The standard InChI is InChI=1S/C56H37N3/c57-56(39-14-2-1-3-15-39)58-52(43-17-12-18-45(35-43)59-53-23-10-8-21-48(53)49-22-9-11-24-54(49)59)32-26-37-25-27-41-34-44(29-28-40(41)33-37)55-47-20-7-5-16-42(47)36-51-46-19-6-4-13-38(46)30-31-50(51)55/h1-36,57H/b32-26+,57-56?,58-52?. The smallest absolute Gasteiger partial charge is 0.152 e. The minimum absolute atomic E-state index is 0.215. The number of hydrogen-bond acceptors (Lipinski definition) is 1. The van der Waals surface area contributed by atoms with Crippen molar-refractivity contribution in [2.45, 2.75) is 0 Å². The quantitative estimate of drug-likeness (QED) is 0.0761. The Labute approximate surface area is 342 Å². The van der Waals surface area contributed by atoms with E-state index < -0.39 is 0 Å². The Kier molecular flexibility index (Phi) is 8.30. The maximum atomic E-state index is 9.01. The van der Waals surface area contributed by atoms with E-state index in [1.807, 2.05) is 36.4 Å². The van der Waals surface area contributed by atoms with Gasteiger partial charge in [-0.25, -0.2) is 4.99 Å². The van der Waals surface area contributed by atoms with E-state index in [1.54, 1.807) is 0 Å². The van der Waals surface area contributed by atoms with Crippen molar-refractivity contribution in [3.8, 4) is 16.8 Å². The number of para-hydroxylation sites is 2. The van der Waals surface area contributed by atoms with Crippen molar-refractivity contribution in [1.82, 2.24) is 4.57 Å². The van der Waals surface area contributed by atoms with Crippen molar-refractivity contribution in [2.24, 2.45) is 4.99 Å². The predicted molar refractivity (Wildman–Crippen MR) is 252 cm³/mol. The third kappa shape index (κ3) is 6.08. The van der Waals surface area contributed by atoms with Gasteiger partial charge in [0, 0.05) is 27.6 Å². The lowest BCUT2D eigenvalue weighted by molar-refractivity contribution is 1.18. The zero-order valence-electron chi connectivity index (χ0n) is 32.2. The second-order valence-corrected chi connectivity index (χ2v) is 15.1. The van der Waals surface area contributed by atoms with E-state index >= 15 is 0 Å². The molecule has 10 aromatic carbocycles. The van der Waals surface area contributed by atoms with Gasteiger partial charge in [-0.2, -0.15) is 0 Å². The molecule has 0 saturated heterocycles. The third-order valence-corrected chi connectivity index (χ3v) is 11.6. The Bertz CT molecular complexity index is 3460. The molecule has 1 heterocycles. The number of fused-ring (bicyclic) bond motifs is 8. The van der Waals surface area contributed by atoms with Gasteiger partial charge in [0.25, 0.3) is 0 Å². The van der Waals surface area contributed by atoms with E-state index in [-0.39, 0.29) is 5.84 Å². The number of rotatable bonds is 6. The second kappa shape index (κ2) is 14.3. The number of nitrogens with zero attached hydrogens (tertiary/aromatic N) is 2. The number of aliphatic imine (C=N–C) groups is 1. The van der Waals surface area contributed by atoms with Crippen molar-refractivity contribution in [2.75, 3.05) is 0 Å². The van der Waals surface area contributed by atoms with Crippen molar-refractivity contribution >= 4 is 82.5 Å². The first kappa shape index (κ1) is 34.4. The Morgan fingerprint density at radius 1 is 0.424 bits per heavy atom. The zero-order chi connectivity index (χ0) is 39.3. The highest BCUT2D eigenvalue weighted by atomic mass is 15.0. The summed E-state index contributed by atoms with van der Waals surface area (Å²) in [6.07, 6.45) is 4.16. The SMILES string of the molecule is N=C(N=C(/C=C/c1ccc2cc(-c3c4ccccc4cc4c3ccc3ccccc34)ccc2c1)c1cccc(-n2c3ccccc3c3ccccc32)c1)c1ccccc1. The van der Waals surface area contributed by atoms with Gasteiger partial charge in [0.05, 0.1) is 16.7 Å². The monoisotopic (exact) mass is 751 g/mol. The number of nitrogens with one attached hydrogen (secondary N) is 1. The second-order valence-electron chi connectivity index (χ2n) is 15.1. The molecule has 3 heteroatoms. The highest BCUT2D eigenvalue weighted by Gasteiger charge is 2.15. The number of amidine groups is 1. The van der Waals surface area contributed by atoms with Crippen LogP contribution in [0.25, 0.3) is 87.8 Å². The minimum Gasteiger partial charge on any atom is -0.309 e. The Balaban J connectivity index is 0.994. The molecule has 0 aliphatic carbocycles. The van der Waals surface area contributed by atoms with Gasteiger partial charge >= 0.3 is 0 Å². The molecule has 0 radical (unpaired) electrons. The minimum atomic E-state index is 0.215. The summed E-state index contributed by atoms with van der Waals surface area (Å²) in [5.41, 5.74) is 9.29. The third-order valence-electron chi connectivity index (χ3n) is 11.6. The van der Waals surface area contributed by atoms with Gasteiger partial charge in [-0.15, -0.1) is 0 Å². The molecular formula is C56H37N3. The first-order chi connectivity index (χ1) is 29.2.